The van der Waals surface area contributed by atoms with Crippen molar-refractivity contribution in [3.05, 3.63) is 59.7 Å². The largest absolute Gasteiger partial charge is 0.493 e. The molecule has 1 heterocycles. The van der Waals surface area contributed by atoms with Crippen LogP contribution in [0, 0.1) is 17.3 Å². The van der Waals surface area contributed by atoms with Crippen LogP contribution in [0.4, 0.5) is 0 Å². The lowest BCUT2D eigenvalue weighted by atomic mass is 9.65. The molecule has 2 aromatic rings. The van der Waals surface area contributed by atoms with Crippen LogP contribution < -0.4 is 9.47 Å². The Bertz CT molecular complexity index is 904. The van der Waals surface area contributed by atoms with Crippen LogP contribution in [0.2, 0.25) is 0 Å². The Hall–Kier alpha value is -2.53. The van der Waals surface area contributed by atoms with Gasteiger partial charge in [0.05, 0.1) is 32.3 Å². The third kappa shape index (κ3) is 4.63. The highest BCUT2D eigenvalue weighted by molar-refractivity contribution is 5.74. The van der Waals surface area contributed by atoms with Gasteiger partial charge >= 0.3 is 5.97 Å². The van der Waals surface area contributed by atoms with Gasteiger partial charge in [-0.15, -0.1) is 0 Å². The Morgan fingerprint density at radius 1 is 1.03 bits per heavy atom. The molecule has 1 aliphatic heterocycles. The van der Waals surface area contributed by atoms with Gasteiger partial charge in [0.2, 0.25) is 0 Å². The maximum absolute atomic E-state index is 12.5. The number of carboxylic acid groups (broad SMARTS) is 1. The van der Waals surface area contributed by atoms with E-state index in [0.717, 1.165) is 55.4 Å². The Labute approximate surface area is 190 Å². The van der Waals surface area contributed by atoms with Gasteiger partial charge < -0.3 is 19.3 Å². The first-order valence-electron chi connectivity index (χ1n) is 11.7. The number of hydrogen-bond acceptors (Lipinski definition) is 4. The van der Waals surface area contributed by atoms with Gasteiger partial charge in [0.25, 0.3) is 0 Å². The monoisotopic (exact) mass is 438 g/mol. The zero-order valence-electron chi connectivity index (χ0n) is 19.1. The van der Waals surface area contributed by atoms with Crippen LogP contribution in [-0.4, -0.2) is 31.9 Å². The summed E-state index contributed by atoms with van der Waals surface area (Å²) in [6.45, 7) is 0.633. The molecule has 2 aliphatic rings. The van der Waals surface area contributed by atoms with Gasteiger partial charge in [0.1, 0.15) is 0 Å². The quantitative estimate of drug-likeness (QED) is 0.575. The van der Waals surface area contributed by atoms with Gasteiger partial charge in [-0.1, -0.05) is 55.7 Å². The van der Waals surface area contributed by atoms with Gasteiger partial charge in [-0.3, -0.25) is 4.79 Å². The second-order valence-electron chi connectivity index (χ2n) is 9.33. The molecule has 4 rings (SSSR count). The van der Waals surface area contributed by atoms with Crippen molar-refractivity contribution in [3.63, 3.8) is 0 Å². The number of carboxylic acids is 1. The smallest absolute Gasteiger partial charge is 0.309 e. The van der Waals surface area contributed by atoms with E-state index in [2.05, 4.69) is 18.2 Å². The van der Waals surface area contributed by atoms with Gasteiger partial charge in [-0.25, -0.2) is 0 Å². The third-order valence-corrected chi connectivity index (χ3v) is 7.45. The van der Waals surface area contributed by atoms with Crippen molar-refractivity contribution in [2.24, 2.45) is 17.3 Å². The maximum Gasteiger partial charge on any atom is 0.309 e. The number of carbonyl (C=O) groups is 1. The summed E-state index contributed by atoms with van der Waals surface area (Å²) in [6.07, 6.45) is 6.08. The number of methoxy groups -OCH3 is 2. The van der Waals surface area contributed by atoms with Crippen LogP contribution in [0.15, 0.2) is 48.5 Å². The molecule has 2 fully saturated rings. The van der Waals surface area contributed by atoms with E-state index in [9.17, 15) is 9.90 Å². The summed E-state index contributed by atoms with van der Waals surface area (Å²) < 4.78 is 17.2. The fraction of sp³-hybridized carbons (Fsp3) is 0.519. The van der Waals surface area contributed by atoms with Gasteiger partial charge in [0.15, 0.2) is 11.5 Å². The van der Waals surface area contributed by atoms with E-state index in [4.69, 9.17) is 14.2 Å². The average Bonchev–Trinajstić information content (AvgIpc) is 3.21. The lowest BCUT2D eigenvalue weighted by molar-refractivity contribution is -0.153. The molecular weight excluding hydrogens is 404 g/mol. The molecule has 0 aromatic heterocycles. The van der Waals surface area contributed by atoms with E-state index < -0.39 is 11.4 Å². The topological polar surface area (TPSA) is 65.0 Å². The Kier molecular flexibility index (Phi) is 7.04. The van der Waals surface area contributed by atoms with Crippen molar-refractivity contribution in [1.82, 2.24) is 0 Å². The van der Waals surface area contributed by atoms with Gasteiger partial charge in [-0.2, -0.15) is 0 Å². The molecule has 1 saturated carbocycles. The number of rotatable bonds is 8. The highest BCUT2D eigenvalue weighted by Gasteiger charge is 2.47. The summed E-state index contributed by atoms with van der Waals surface area (Å²) in [5.41, 5.74) is 1.66. The molecule has 5 nitrogen and oxygen atoms in total. The van der Waals surface area contributed by atoms with E-state index in [0.29, 0.717) is 18.8 Å². The normalized spacial score (nSPS) is 24.8. The maximum atomic E-state index is 12.5. The molecule has 0 bridgehead atoms. The van der Waals surface area contributed by atoms with E-state index in [1.807, 2.05) is 30.3 Å². The number of aliphatic carboxylic acids is 1. The van der Waals surface area contributed by atoms with Crippen molar-refractivity contribution in [2.45, 2.75) is 51.0 Å². The summed E-state index contributed by atoms with van der Waals surface area (Å²) in [4.78, 5) is 12.5. The molecule has 1 aliphatic carbocycles. The number of ether oxygens (including phenoxy) is 3. The zero-order valence-corrected chi connectivity index (χ0v) is 19.1. The fourth-order valence-electron chi connectivity index (χ4n) is 5.69. The van der Waals surface area contributed by atoms with Crippen LogP contribution in [0.1, 0.15) is 55.8 Å². The molecule has 0 radical (unpaired) electrons. The SMILES string of the molecule is COc1ccc(C[C@H]2CO[C@H](c3ccccc3)[C@@H]2CC2(C(=O)O)CCCCC2)cc1OC. The summed E-state index contributed by atoms with van der Waals surface area (Å²) in [7, 11) is 3.28. The predicted octanol–water partition coefficient (Wildman–Crippen LogP) is 5.68. The second kappa shape index (κ2) is 9.95. The highest BCUT2D eigenvalue weighted by atomic mass is 16.5. The lowest BCUT2D eigenvalue weighted by Gasteiger charge is -2.38. The summed E-state index contributed by atoms with van der Waals surface area (Å²) in [5.74, 6) is 1.19. The average molecular weight is 439 g/mol. The minimum Gasteiger partial charge on any atom is -0.493 e. The Morgan fingerprint density at radius 3 is 2.41 bits per heavy atom. The Balaban J connectivity index is 1.62. The lowest BCUT2D eigenvalue weighted by Crippen LogP contribution is -2.37. The van der Waals surface area contributed by atoms with Crippen molar-refractivity contribution < 1.29 is 24.1 Å². The van der Waals surface area contributed by atoms with E-state index in [-0.39, 0.29) is 17.9 Å². The second-order valence-corrected chi connectivity index (χ2v) is 9.33. The van der Waals surface area contributed by atoms with E-state index in [1.165, 1.54) is 0 Å². The minimum atomic E-state index is -0.639. The summed E-state index contributed by atoms with van der Waals surface area (Å²) >= 11 is 0. The minimum absolute atomic E-state index is 0.0699. The molecule has 0 amide bonds. The zero-order chi connectivity index (χ0) is 22.6. The van der Waals surface area contributed by atoms with Crippen LogP contribution in [0.25, 0.3) is 0 Å². The van der Waals surface area contributed by atoms with Crippen molar-refractivity contribution in [3.8, 4) is 11.5 Å². The van der Waals surface area contributed by atoms with E-state index >= 15 is 0 Å². The standard InChI is InChI=1S/C27H34O5/c1-30-23-12-11-19(16-24(23)31-2)15-21-18-32-25(20-9-5-3-6-10-20)22(21)17-27(26(28)29)13-7-4-8-14-27/h3,5-6,9-12,16,21-22,25H,4,7-8,13-15,17-18H2,1-2H3,(H,28,29)/t21-,22+,25+/m0/s1. The van der Waals surface area contributed by atoms with Crippen molar-refractivity contribution in [2.75, 3.05) is 20.8 Å². The van der Waals surface area contributed by atoms with Crippen LogP contribution in [0.5, 0.6) is 11.5 Å². The van der Waals surface area contributed by atoms with Crippen LogP contribution in [0.3, 0.4) is 0 Å². The highest BCUT2D eigenvalue weighted by Crippen LogP contribution is 2.50. The number of hydrogen-bond donors (Lipinski definition) is 1. The molecule has 1 N–H and O–H groups in total. The first-order valence-corrected chi connectivity index (χ1v) is 11.7. The fourth-order valence-corrected chi connectivity index (χ4v) is 5.69. The molecule has 2 aromatic carbocycles. The molecule has 0 unspecified atom stereocenters. The molecule has 1 saturated heterocycles. The molecule has 172 valence electrons. The summed E-state index contributed by atoms with van der Waals surface area (Å²) in [5, 5.41) is 10.2. The number of benzene rings is 2. The van der Waals surface area contributed by atoms with Crippen LogP contribution in [-0.2, 0) is 16.0 Å². The van der Waals surface area contributed by atoms with Crippen LogP contribution >= 0.6 is 0 Å². The summed E-state index contributed by atoms with van der Waals surface area (Å²) in [6, 6.07) is 16.3. The van der Waals surface area contributed by atoms with Gasteiger partial charge in [0, 0.05) is 0 Å². The molecule has 5 heteroatoms. The molecule has 0 spiro atoms. The third-order valence-electron chi connectivity index (χ3n) is 7.45. The van der Waals surface area contributed by atoms with Gasteiger partial charge in [-0.05, 0) is 60.8 Å². The molecule has 3 atom stereocenters. The van der Waals surface area contributed by atoms with Crippen molar-refractivity contribution >= 4 is 5.97 Å². The first-order chi connectivity index (χ1) is 15.6. The first kappa shape index (κ1) is 22.7. The molecular formula is C27H34O5. The van der Waals surface area contributed by atoms with E-state index in [1.54, 1.807) is 14.2 Å². The van der Waals surface area contributed by atoms with Crippen molar-refractivity contribution in [1.29, 1.82) is 0 Å². The Morgan fingerprint density at radius 2 is 1.75 bits per heavy atom. The molecule has 32 heavy (non-hydrogen) atoms. The predicted molar refractivity (Wildman–Crippen MR) is 123 cm³/mol.